The minimum absolute atomic E-state index is 0.00722. The second kappa shape index (κ2) is 18.1. The highest BCUT2D eigenvalue weighted by Gasteiger charge is 2.13. The summed E-state index contributed by atoms with van der Waals surface area (Å²) < 4.78 is 58.4. The van der Waals surface area contributed by atoms with Gasteiger partial charge in [-0.3, -0.25) is 4.18 Å². The first-order chi connectivity index (χ1) is 18.1. The van der Waals surface area contributed by atoms with Gasteiger partial charge < -0.3 is 33.5 Å². The molecule has 0 aliphatic carbocycles. The predicted octanol–water partition coefficient (Wildman–Crippen LogP) is 3.30. The second-order valence-corrected chi connectivity index (χ2v) is 10.1. The molecule has 0 saturated heterocycles. The Morgan fingerprint density at radius 3 is 1.26 bits per heavy atom. The van der Waals surface area contributed by atoms with Crippen LogP contribution < -0.4 is 9.47 Å². The Bertz CT molecular complexity index is 1020. The fourth-order valence-corrected chi connectivity index (χ4v) is 4.13. The van der Waals surface area contributed by atoms with Crippen LogP contribution in [0.4, 0.5) is 0 Å². The molecule has 2 rings (SSSR count). The first-order valence-electron chi connectivity index (χ1n) is 12.0. The maximum atomic E-state index is 10.9. The van der Waals surface area contributed by atoms with Crippen LogP contribution in [0.5, 0.6) is 11.5 Å². The van der Waals surface area contributed by atoms with Gasteiger partial charge in [0.25, 0.3) is 10.1 Å². The standard InChI is InChI=1S/C14H22O6S.C13H20O4/c1-11-7-12(9-17-2)14(13(8-11)10-18-3)19-5-6-20-21(4,15)16;1-10-6-11(8-15-2)13(17-5-4-14)12(7-10)9-16-3/h7-8H,5-6,9-10H2,1-4H3;6-7,14H,4-5,8-9H2,1-3H3. The number of ether oxygens (including phenoxy) is 6. The summed E-state index contributed by atoms with van der Waals surface area (Å²) in [7, 11) is 3.05. The molecule has 216 valence electrons. The summed E-state index contributed by atoms with van der Waals surface area (Å²) in [5, 5.41) is 8.84. The van der Waals surface area contributed by atoms with Crippen molar-refractivity contribution in [3.8, 4) is 11.5 Å². The van der Waals surface area contributed by atoms with Crippen molar-refractivity contribution in [2.75, 3.05) is 61.1 Å². The smallest absolute Gasteiger partial charge is 0.264 e. The maximum absolute atomic E-state index is 10.9. The molecule has 0 fully saturated rings. The van der Waals surface area contributed by atoms with E-state index < -0.39 is 10.1 Å². The van der Waals surface area contributed by atoms with Gasteiger partial charge >= 0.3 is 0 Å². The number of methoxy groups -OCH3 is 4. The Morgan fingerprint density at radius 2 is 0.974 bits per heavy atom. The number of aliphatic hydroxyl groups excluding tert-OH is 1. The molecule has 0 atom stereocenters. The highest BCUT2D eigenvalue weighted by Crippen LogP contribution is 2.28. The molecule has 2 aromatic carbocycles. The molecule has 11 heteroatoms. The van der Waals surface area contributed by atoms with Crippen molar-refractivity contribution in [2.45, 2.75) is 40.3 Å². The number of aliphatic hydroxyl groups is 1. The lowest BCUT2D eigenvalue weighted by Gasteiger charge is -2.16. The van der Waals surface area contributed by atoms with Crippen LogP contribution in [0.15, 0.2) is 24.3 Å². The molecule has 0 radical (unpaired) electrons. The molecule has 38 heavy (non-hydrogen) atoms. The number of hydrogen-bond acceptors (Lipinski definition) is 10. The minimum atomic E-state index is -3.46. The first-order valence-corrected chi connectivity index (χ1v) is 13.8. The van der Waals surface area contributed by atoms with Gasteiger partial charge in [-0.25, -0.2) is 0 Å². The largest absolute Gasteiger partial charge is 0.490 e. The van der Waals surface area contributed by atoms with E-state index in [4.69, 9.17) is 33.5 Å². The van der Waals surface area contributed by atoms with Gasteiger partial charge in [0, 0.05) is 50.7 Å². The van der Waals surface area contributed by atoms with E-state index in [9.17, 15) is 8.42 Å². The van der Waals surface area contributed by atoms with E-state index in [0.717, 1.165) is 45.4 Å². The van der Waals surface area contributed by atoms with Gasteiger partial charge in [0.05, 0.1) is 39.3 Å². The summed E-state index contributed by atoms with van der Waals surface area (Å²) in [5.41, 5.74) is 5.96. The molecule has 0 saturated carbocycles. The van der Waals surface area contributed by atoms with Crippen molar-refractivity contribution in [1.82, 2.24) is 0 Å². The summed E-state index contributed by atoms with van der Waals surface area (Å²) in [6, 6.07) is 7.98. The van der Waals surface area contributed by atoms with Gasteiger partial charge in [0.1, 0.15) is 31.3 Å². The molecule has 2 aromatic rings. The molecule has 0 aliphatic rings. The van der Waals surface area contributed by atoms with Crippen LogP contribution >= 0.6 is 0 Å². The van der Waals surface area contributed by atoms with E-state index in [2.05, 4.69) is 4.18 Å². The number of hydrogen-bond donors (Lipinski definition) is 1. The van der Waals surface area contributed by atoms with Crippen LogP contribution in [0.3, 0.4) is 0 Å². The maximum Gasteiger partial charge on any atom is 0.264 e. The third-order valence-corrected chi connectivity index (χ3v) is 5.53. The molecule has 0 amide bonds. The molecule has 10 nitrogen and oxygen atoms in total. The van der Waals surface area contributed by atoms with Gasteiger partial charge in [-0.05, 0) is 13.8 Å². The lowest BCUT2D eigenvalue weighted by Crippen LogP contribution is -2.13. The molecular weight excluding hydrogens is 516 g/mol. The highest BCUT2D eigenvalue weighted by atomic mass is 32.2. The molecule has 0 aromatic heterocycles. The minimum Gasteiger partial charge on any atom is -0.490 e. The average molecular weight is 559 g/mol. The SMILES string of the molecule is COCc1cc(C)cc(COC)c1OCCO.COCc1cc(C)cc(COC)c1OCCOS(C)(=O)=O. The highest BCUT2D eigenvalue weighted by molar-refractivity contribution is 7.85. The van der Waals surface area contributed by atoms with Gasteiger partial charge in [0.2, 0.25) is 0 Å². The van der Waals surface area contributed by atoms with Crippen LogP contribution in [0.1, 0.15) is 33.4 Å². The van der Waals surface area contributed by atoms with Crippen LogP contribution in [-0.4, -0.2) is 74.6 Å². The third-order valence-electron chi connectivity index (χ3n) is 4.94. The van der Waals surface area contributed by atoms with Crippen LogP contribution in [-0.2, 0) is 59.7 Å². The molecule has 0 heterocycles. The summed E-state index contributed by atoms with van der Waals surface area (Å²) >= 11 is 0. The van der Waals surface area contributed by atoms with Crippen molar-refractivity contribution >= 4 is 10.1 Å². The van der Waals surface area contributed by atoms with E-state index in [0.29, 0.717) is 32.2 Å². The molecule has 0 spiro atoms. The summed E-state index contributed by atoms with van der Waals surface area (Å²) in [6.07, 6.45) is 1.01. The molecule has 0 aliphatic heterocycles. The van der Waals surface area contributed by atoms with E-state index in [-0.39, 0.29) is 26.4 Å². The molecular formula is C27H42O10S. The van der Waals surface area contributed by atoms with Crippen LogP contribution in [0.2, 0.25) is 0 Å². The number of rotatable bonds is 16. The summed E-state index contributed by atoms with van der Waals surface area (Å²) in [6.45, 7) is 6.14. The average Bonchev–Trinajstić information content (AvgIpc) is 2.83. The van der Waals surface area contributed by atoms with E-state index >= 15 is 0 Å². The summed E-state index contributed by atoms with van der Waals surface area (Å²) in [4.78, 5) is 0. The zero-order valence-corrected chi connectivity index (χ0v) is 24.3. The Labute approximate surface area is 226 Å². The Hall–Kier alpha value is -2.25. The molecule has 1 N–H and O–H groups in total. The van der Waals surface area contributed by atoms with E-state index in [1.54, 1.807) is 28.4 Å². The van der Waals surface area contributed by atoms with Gasteiger partial charge in [-0.2, -0.15) is 8.42 Å². The van der Waals surface area contributed by atoms with Crippen molar-refractivity contribution in [3.05, 3.63) is 57.6 Å². The second-order valence-electron chi connectivity index (χ2n) is 8.50. The van der Waals surface area contributed by atoms with Crippen molar-refractivity contribution in [2.24, 2.45) is 0 Å². The zero-order valence-electron chi connectivity index (χ0n) is 23.5. The van der Waals surface area contributed by atoms with Gasteiger partial charge in [-0.15, -0.1) is 0 Å². The van der Waals surface area contributed by atoms with Gasteiger partial charge in [-0.1, -0.05) is 35.4 Å². The van der Waals surface area contributed by atoms with Crippen LogP contribution in [0, 0.1) is 13.8 Å². The zero-order chi connectivity index (χ0) is 28.6. The fraction of sp³-hybridized carbons (Fsp3) is 0.556. The monoisotopic (exact) mass is 558 g/mol. The Kier molecular flexibility index (Phi) is 16.1. The van der Waals surface area contributed by atoms with Crippen molar-refractivity contribution in [3.63, 3.8) is 0 Å². The third kappa shape index (κ3) is 12.5. The van der Waals surface area contributed by atoms with E-state index in [1.807, 2.05) is 38.1 Å². The Balaban J connectivity index is 0.000000389. The predicted molar refractivity (Wildman–Crippen MR) is 144 cm³/mol. The lowest BCUT2D eigenvalue weighted by atomic mass is 10.1. The number of aryl methyl sites for hydroxylation is 2. The summed E-state index contributed by atoms with van der Waals surface area (Å²) in [5.74, 6) is 1.41. The quantitative estimate of drug-likeness (QED) is 0.243. The van der Waals surface area contributed by atoms with Crippen LogP contribution in [0.25, 0.3) is 0 Å². The lowest BCUT2D eigenvalue weighted by molar-refractivity contribution is 0.160. The normalized spacial score (nSPS) is 11.2. The molecule has 0 bridgehead atoms. The van der Waals surface area contributed by atoms with Crippen molar-refractivity contribution in [1.29, 1.82) is 0 Å². The van der Waals surface area contributed by atoms with Crippen molar-refractivity contribution < 1.29 is 46.1 Å². The fourth-order valence-electron chi connectivity index (χ4n) is 3.76. The molecule has 0 unspecified atom stereocenters. The van der Waals surface area contributed by atoms with Gasteiger partial charge in [0.15, 0.2) is 0 Å². The Morgan fingerprint density at radius 1 is 0.632 bits per heavy atom. The first kappa shape index (κ1) is 33.8. The number of benzene rings is 2. The topological polar surface area (TPSA) is 119 Å². The van der Waals surface area contributed by atoms with E-state index in [1.165, 1.54) is 0 Å².